The normalized spacial score (nSPS) is 16.6. The van der Waals surface area contributed by atoms with E-state index >= 15 is 0 Å². The lowest BCUT2D eigenvalue weighted by Crippen LogP contribution is -2.26. The van der Waals surface area contributed by atoms with Gasteiger partial charge in [0, 0.05) is 42.4 Å². The Kier molecular flexibility index (Phi) is 4.93. The smallest absolute Gasteiger partial charge is 0.147 e. The molecule has 0 aromatic carbocycles. The van der Waals surface area contributed by atoms with Crippen LogP contribution in [0.4, 0.5) is 5.82 Å². The van der Waals surface area contributed by atoms with Crippen molar-refractivity contribution in [1.82, 2.24) is 29.7 Å². The molecule has 0 radical (unpaired) electrons. The monoisotopic (exact) mass is 465 g/mol. The van der Waals surface area contributed by atoms with Gasteiger partial charge in [-0.15, -0.1) is 11.3 Å². The van der Waals surface area contributed by atoms with Crippen LogP contribution in [0.15, 0.2) is 48.5 Å². The zero-order chi connectivity index (χ0) is 23.1. The fourth-order valence-electron chi connectivity index (χ4n) is 4.82. The average Bonchev–Trinajstić information content (AvgIpc) is 3.67. The summed E-state index contributed by atoms with van der Waals surface area (Å²) in [6, 6.07) is 10.4. The average molecular weight is 466 g/mol. The first-order chi connectivity index (χ1) is 16.7. The molecule has 0 amide bonds. The first-order valence-electron chi connectivity index (χ1n) is 11.0. The van der Waals surface area contributed by atoms with Crippen LogP contribution in [0, 0.1) is 28.6 Å². The van der Waals surface area contributed by atoms with Gasteiger partial charge in [-0.2, -0.15) is 15.6 Å². The van der Waals surface area contributed by atoms with Gasteiger partial charge in [-0.3, -0.25) is 4.68 Å². The maximum Gasteiger partial charge on any atom is 0.147 e. The van der Waals surface area contributed by atoms with E-state index in [4.69, 9.17) is 4.98 Å². The van der Waals surface area contributed by atoms with Gasteiger partial charge < -0.3 is 9.88 Å². The van der Waals surface area contributed by atoms with Gasteiger partial charge in [0.2, 0.25) is 0 Å². The predicted octanol–water partition coefficient (Wildman–Crippen LogP) is 4.28. The Bertz CT molecular complexity index is 1580. The number of aromatic nitrogens is 6. The van der Waals surface area contributed by atoms with E-state index in [-0.39, 0.29) is 12.0 Å². The number of rotatable bonds is 5. The van der Waals surface area contributed by atoms with E-state index in [0.717, 1.165) is 51.3 Å². The summed E-state index contributed by atoms with van der Waals surface area (Å²) in [5.74, 6) is 0.931. The Labute approximate surface area is 198 Å². The van der Waals surface area contributed by atoms with Crippen LogP contribution in [-0.4, -0.2) is 42.8 Å². The first kappa shape index (κ1) is 20.3. The third kappa shape index (κ3) is 3.36. The second-order valence-electron chi connectivity index (χ2n) is 8.37. The summed E-state index contributed by atoms with van der Waals surface area (Å²) in [7, 11) is 0. The van der Waals surface area contributed by atoms with E-state index in [1.54, 1.807) is 17.5 Å². The molecule has 2 atom stereocenters. The molecular formula is C24H19N9S. The minimum Gasteiger partial charge on any atom is -0.355 e. The molecule has 5 aromatic rings. The van der Waals surface area contributed by atoms with E-state index in [1.165, 1.54) is 6.33 Å². The van der Waals surface area contributed by atoms with Crippen molar-refractivity contribution >= 4 is 38.4 Å². The molecule has 1 aliphatic rings. The molecule has 1 fully saturated rings. The van der Waals surface area contributed by atoms with E-state index < -0.39 is 0 Å². The molecule has 1 unspecified atom stereocenters. The number of nitrogens with zero attached hydrogens (tertiary/aromatic N) is 8. The van der Waals surface area contributed by atoms with Gasteiger partial charge in [0.1, 0.15) is 23.9 Å². The zero-order valence-corrected chi connectivity index (χ0v) is 18.9. The van der Waals surface area contributed by atoms with Crippen LogP contribution in [0.25, 0.3) is 32.5 Å². The highest BCUT2D eigenvalue weighted by molar-refractivity contribution is 7.17. The van der Waals surface area contributed by atoms with Crippen LogP contribution >= 0.6 is 11.3 Å². The lowest BCUT2D eigenvalue weighted by molar-refractivity contribution is 0.332. The van der Waals surface area contributed by atoms with Crippen molar-refractivity contribution in [2.45, 2.75) is 18.9 Å². The molecule has 6 rings (SSSR count). The van der Waals surface area contributed by atoms with Crippen molar-refractivity contribution in [1.29, 1.82) is 10.5 Å². The highest BCUT2D eigenvalue weighted by Crippen LogP contribution is 2.36. The second-order valence-corrected chi connectivity index (χ2v) is 9.32. The van der Waals surface area contributed by atoms with E-state index in [1.807, 2.05) is 40.7 Å². The highest BCUT2D eigenvalue weighted by Gasteiger charge is 2.33. The van der Waals surface area contributed by atoms with Crippen LogP contribution < -0.4 is 4.90 Å². The number of aromatic amines is 1. The molecule has 1 aliphatic heterocycles. The SMILES string of the molecule is N#CC[C@@H](C1CCN(c2nc3ccsc3cc2C#N)C1)n1cc(-c2ncnc3[nH]ccc23)cn1. The Morgan fingerprint density at radius 3 is 3.09 bits per heavy atom. The molecule has 1 saturated heterocycles. The van der Waals surface area contributed by atoms with Gasteiger partial charge in [0.15, 0.2) is 0 Å². The fraction of sp³-hybridized carbons (Fsp3) is 0.250. The predicted molar refractivity (Wildman–Crippen MR) is 129 cm³/mol. The van der Waals surface area contributed by atoms with Gasteiger partial charge in [-0.25, -0.2) is 15.0 Å². The maximum absolute atomic E-state index is 9.70. The van der Waals surface area contributed by atoms with Crippen molar-refractivity contribution in [3.05, 3.63) is 54.1 Å². The molecule has 0 aliphatic carbocycles. The van der Waals surface area contributed by atoms with Crippen molar-refractivity contribution in [2.24, 2.45) is 5.92 Å². The number of pyridine rings is 1. The van der Waals surface area contributed by atoms with Crippen LogP contribution in [0.5, 0.6) is 0 Å². The topological polar surface area (TPSA) is 123 Å². The number of nitrogens with one attached hydrogen (secondary N) is 1. The standard InChI is InChI=1S/C24H19N9S/c25-5-1-20(33-13-17(11-30-33)22-18-2-6-27-23(18)29-14-28-22)15-3-7-32(12-15)24-16(10-26)9-21-19(31-24)4-8-34-21/h2,4,6,8-9,11,13-15,20H,1,3,7,12H2,(H,27,28,29)/t15?,20-/m0/s1. The van der Waals surface area contributed by atoms with Crippen molar-refractivity contribution in [2.75, 3.05) is 18.0 Å². The third-order valence-corrected chi connectivity index (χ3v) is 7.33. The number of H-pyrrole nitrogens is 1. The van der Waals surface area contributed by atoms with Crippen molar-refractivity contribution in [3.8, 4) is 23.4 Å². The number of fused-ring (bicyclic) bond motifs is 2. The van der Waals surface area contributed by atoms with Gasteiger partial charge >= 0.3 is 0 Å². The molecular weight excluding hydrogens is 446 g/mol. The first-order valence-corrected chi connectivity index (χ1v) is 11.9. The summed E-state index contributed by atoms with van der Waals surface area (Å²) >= 11 is 1.59. The zero-order valence-electron chi connectivity index (χ0n) is 18.1. The molecule has 10 heteroatoms. The van der Waals surface area contributed by atoms with Gasteiger partial charge in [-0.1, -0.05) is 0 Å². The number of thiophene rings is 1. The van der Waals surface area contributed by atoms with E-state index in [9.17, 15) is 10.5 Å². The van der Waals surface area contributed by atoms with Gasteiger partial charge in [-0.05, 0) is 30.0 Å². The van der Waals surface area contributed by atoms with Crippen molar-refractivity contribution in [3.63, 3.8) is 0 Å². The Balaban J connectivity index is 1.29. The summed E-state index contributed by atoms with van der Waals surface area (Å²) in [5.41, 5.74) is 3.98. The van der Waals surface area contributed by atoms with Crippen LogP contribution in [-0.2, 0) is 0 Å². The van der Waals surface area contributed by atoms with Crippen LogP contribution in [0.1, 0.15) is 24.4 Å². The van der Waals surface area contributed by atoms with Crippen LogP contribution in [0.3, 0.4) is 0 Å². The fourth-order valence-corrected chi connectivity index (χ4v) is 5.58. The maximum atomic E-state index is 9.70. The number of anilines is 1. The molecule has 6 heterocycles. The van der Waals surface area contributed by atoms with E-state index in [0.29, 0.717) is 18.5 Å². The Morgan fingerprint density at radius 1 is 1.26 bits per heavy atom. The van der Waals surface area contributed by atoms with E-state index in [2.05, 4.69) is 37.1 Å². The minimum atomic E-state index is -0.0808. The summed E-state index contributed by atoms with van der Waals surface area (Å²) in [5, 5.41) is 26.8. The largest absolute Gasteiger partial charge is 0.355 e. The molecule has 34 heavy (non-hydrogen) atoms. The molecule has 9 nitrogen and oxygen atoms in total. The lowest BCUT2D eigenvalue weighted by Gasteiger charge is -2.23. The molecule has 166 valence electrons. The number of hydrogen-bond donors (Lipinski definition) is 1. The second kappa shape index (κ2) is 8.25. The molecule has 5 aromatic heterocycles. The molecule has 0 saturated carbocycles. The molecule has 1 N–H and O–H groups in total. The number of hydrogen-bond acceptors (Lipinski definition) is 8. The molecule has 0 bridgehead atoms. The highest BCUT2D eigenvalue weighted by atomic mass is 32.1. The minimum absolute atomic E-state index is 0.0808. The third-order valence-electron chi connectivity index (χ3n) is 6.47. The molecule has 0 spiro atoms. The van der Waals surface area contributed by atoms with Gasteiger partial charge in [0.25, 0.3) is 0 Å². The van der Waals surface area contributed by atoms with Crippen LogP contribution in [0.2, 0.25) is 0 Å². The lowest BCUT2D eigenvalue weighted by atomic mass is 9.96. The summed E-state index contributed by atoms with van der Waals surface area (Å²) < 4.78 is 2.91. The quantitative estimate of drug-likeness (QED) is 0.411. The summed E-state index contributed by atoms with van der Waals surface area (Å²) in [6.07, 6.45) is 8.39. The Hall–Kier alpha value is -4.28. The van der Waals surface area contributed by atoms with Gasteiger partial charge in [0.05, 0.1) is 46.2 Å². The van der Waals surface area contributed by atoms with Crippen molar-refractivity contribution < 1.29 is 0 Å². The summed E-state index contributed by atoms with van der Waals surface area (Å²) in [6.45, 7) is 1.50. The summed E-state index contributed by atoms with van der Waals surface area (Å²) in [4.78, 5) is 18.8. The number of nitriles is 2. The Morgan fingerprint density at radius 2 is 2.21 bits per heavy atom.